The van der Waals surface area contributed by atoms with Crippen LogP contribution >= 0.6 is 0 Å². The van der Waals surface area contributed by atoms with E-state index in [1.54, 1.807) is 0 Å². The molecule has 1 aliphatic heterocycles. The molecule has 2 fully saturated rings. The lowest BCUT2D eigenvalue weighted by atomic mass is 9.67. The van der Waals surface area contributed by atoms with E-state index in [-0.39, 0.29) is 11.9 Å². The first-order valence-corrected chi connectivity index (χ1v) is 9.83. The van der Waals surface area contributed by atoms with Gasteiger partial charge in [-0.15, -0.1) is 0 Å². The maximum Gasteiger partial charge on any atom is 0.321 e. The summed E-state index contributed by atoms with van der Waals surface area (Å²) in [7, 11) is 0. The van der Waals surface area contributed by atoms with Crippen molar-refractivity contribution >= 4 is 5.97 Å². The molecule has 136 valence electrons. The molecule has 0 amide bonds. The van der Waals surface area contributed by atoms with E-state index in [1.807, 2.05) is 36.4 Å². The molecule has 26 heavy (non-hydrogen) atoms. The Morgan fingerprint density at radius 2 is 1.46 bits per heavy atom. The van der Waals surface area contributed by atoms with Gasteiger partial charge in [0.15, 0.2) is 0 Å². The lowest BCUT2D eigenvalue weighted by molar-refractivity contribution is -0.141. The van der Waals surface area contributed by atoms with Crippen LogP contribution in [0.2, 0.25) is 0 Å². The second-order valence-corrected chi connectivity index (χ2v) is 7.58. The van der Waals surface area contributed by atoms with Crippen molar-refractivity contribution in [2.24, 2.45) is 5.92 Å². The van der Waals surface area contributed by atoms with Gasteiger partial charge in [0, 0.05) is 18.5 Å². The van der Waals surface area contributed by atoms with Crippen LogP contribution in [-0.2, 0) is 14.9 Å². The summed E-state index contributed by atoms with van der Waals surface area (Å²) in [5.41, 5.74) is 1.35. The summed E-state index contributed by atoms with van der Waals surface area (Å²) < 4.78 is 5.65. The van der Waals surface area contributed by atoms with E-state index in [9.17, 15) is 4.79 Å². The summed E-state index contributed by atoms with van der Waals surface area (Å²) in [6.45, 7) is 1.28. The Labute approximate surface area is 155 Å². The summed E-state index contributed by atoms with van der Waals surface area (Å²) in [6.07, 6.45) is 6.44. The Bertz CT molecular complexity index is 683. The highest BCUT2D eigenvalue weighted by Gasteiger charge is 2.54. The van der Waals surface area contributed by atoms with Crippen LogP contribution < -0.4 is 5.32 Å². The molecule has 1 N–H and O–H groups in total. The first kappa shape index (κ1) is 17.3. The molecule has 0 bridgehead atoms. The molecule has 1 heterocycles. The van der Waals surface area contributed by atoms with Crippen LogP contribution in [0.4, 0.5) is 0 Å². The number of esters is 1. The minimum atomic E-state index is -0.718. The molecule has 3 nitrogen and oxygen atoms in total. The molecule has 1 aliphatic carbocycles. The maximum absolute atomic E-state index is 13.1. The molecular weight excluding hydrogens is 322 g/mol. The fraction of sp³-hybridized carbons (Fsp3) is 0.435. The monoisotopic (exact) mass is 349 g/mol. The second kappa shape index (κ2) is 7.63. The minimum Gasteiger partial charge on any atom is -0.464 e. The van der Waals surface area contributed by atoms with Crippen molar-refractivity contribution in [2.75, 3.05) is 13.2 Å². The summed E-state index contributed by atoms with van der Waals surface area (Å²) >= 11 is 0. The zero-order chi connectivity index (χ0) is 17.8. The molecule has 2 aliphatic rings. The molecule has 1 saturated carbocycles. The number of carbonyl (C=O) groups is 1. The zero-order valence-corrected chi connectivity index (χ0v) is 15.2. The third-order valence-electron chi connectivity index (χ3n) is 6.07. The van der Waals surface area contributed by atoms with E-state index in [0.29, 0.717) is 12.6 Å². The second-order valence-electron chi connectivity index (χ2n) is 7.58. The highest BCUT2D eigenvalue weighted by molar-refractivity contribution is 5.90. The molecular formula is C23H27NO2. The molecule has 3 heteroatoms. The van der Waals surface area contributed by atoms with E-state index in [2.05, 4.69) is 29.6 Å². The molecule has 0 aromatic heterocycles. The van der Waals surface area contributed by atoms with Crippen molar-refractivity contribution in [3.63, 3.8) is 0 Å². The van der Waals surface area contributed by atoms with Crippen molar-refractivity contribution in [3.8, 4) is 0 Å². The fourth-order valence-corrected chi connectivity index (χ4v) is 4.69. The first-order valence-electron chi connectivity index (χ1n) is 9.83. The lowest BCUT2D eigenvalue weighted by Crippen LogP contribution is -2.45. The van der Waals surface area contributed by atoms with Gasteiger partial charge < -0.3 is 10.1 Å². The Hall–Kier alpha value is -2.13. The van der Waals surface area contributed by atoms with E-state index < -0.39 is 5.41 Å². The zero-order valence-electron chi connectivity index (χ0n) is 15.2. The van der Waals surface area contributed by atoms with Gasteiger partial charge in [-0.25, -0.2) is 0 Å². The van der Waals surface area contributed by atoms with Gasteiger partial charge in [0.25, 0.3) is 0 Å². The van der Waals surface area contributed by atoms with Crippen LogP contribution in [0.15, 0.2) is 60.7 Å². The van der Waals surface area contributed by atoms with E-state index in [4.69, 9.17) is 4.74 Å². The molecule has 2 aromatic rings. The topological polar surface area (TPSA) is 38.3 Å². The van der Waals surface area contributed by atoms with Gasteiger partial charge in [-0.05, 0) is 24.0 Å². The van der Waals surface area contributed by atoms with Gasteiger partial charge in [0.1, 0.15) is 5.41 Å². The third kappa shape index (κ3) is 3.05. The average Bonchev–Trinajstić information content (AvgIpc) is 3.05. The lowest BCUT2D eigenvalue weighted by Gasteiger charge is -2.34. The fourth-order valence-electron chi connectivity index (χ4n) is 4.69. The molecule has 1 unspecified atom stereocenters. The van der Waals surface area contributed by atoms with Crippen molar-refractivity contribution in [1.29, 1.82) is 0 Å². The summed E-state index contributed by atoms with van der Waals surface area (Å²) in [4.78, 5) is 13.1. The smallest absolute Gasteiger partial charge is 0.321 e. The minimum absolute atomic E-state index is 0.0988. The number of cyclic esters (lactones) is 1. The Morgan fingerprint density at radius 1 is 0.885 bits per heavy atom. The van der Waals surface area contributed by atoms with Crippen molar-refractivity contribution in [2.45, 2.75) is 43.6 Å². The van der Waals surface area contributed by atoms with Gasteiger partial charge in [0.2, 0.25) is 0 Å². The van der Waals surface area contributed by atoms with Crippen LogP contribution in [0.5, 0.6) is 0 Å². The first-order chi connectivity index (χ1) is 12.8. The highest BCUT2D eigenvalue weighted by Crippen LogP contribution is 2.44. The number of ether oxygens (including phenoxy) is 1. The van der Waals surface area contributed by atoms with Gasteiger partial charge >= 0.3 is 5.97 Å². The van der Waals surface area contributed by atoms with Crippen LogP contribution in [0.25, 0.3) is 0 Å². The molecule has 1 atom stereocenters. The molecule has 2 aromatic carbocycles. The Morgan fingerprint density at radius 3 is 2.04 bits per heavy atom. The van der Waals surface area contributed by atoms with Crippen LogP contribution in [0.1, 0.15) is 43.2 Å². The Balaban J connectivity index is 1.68. The van der Waals surface area contributed by atoms with Gasteiger partial charge in [-0.1, -0.05) is 79.9 Å². The number of rotatable bonds is 5. The maximum atomic E-state index is 13.1. The molecule has 0 spiro atoms. The number of nitrogens with one attached hydrogen (secondary N) is 1. The Kier molecular flexibility index (Phi) is 5.07. The van der Waals surface area contributed by atoms with Crippen molar-refractivity contribution < 1.29 is 9.53 Å². The SMILES string of the molecule is O=C1OCC(CNC2CCCCC2)C1(c1ccccc1)c1ccccc1. The predicted molar refractivity (Wildman–Crippen MR) is 103 cm³/mol. The quantitative estimate of drug-likeness (QED) is 0.827. The number of hydrogen-bond acceptors (Lipinski definition) is 3. The standard InChI is InChI=1S/C23H27NO2/c25-22-23(18-10-4-1-5-11-18,19-12-6-2-7-13-19)20(17-26-22)16-24-21-14-8-3-9-15-21/h1-2,4-7,10-13,20-21,24H,3,8-9,14-17H2. The van der Waals surface area contributed by atoms with E-state index in [1.165, 1.54) is 32.1 Å². The van der Waals surface area contributed by atoms with Crippen LogP contribution in [-0.4, -0.2) is 25.2 Å². The van der Waals surface area contributed by atoms with E-state index in [0.717, 1.165) is 17.7 Å². The summed E-state index contributed by atoms with van der Waals surface area (Å²) in [5, 5.41) is 3.75. The summed E-state index contributed by atoms with van der Waals surface area (Å²) in [5.74, 6) is -0.0212. The van der Waals surface area contributed by atoms with Crippen molar-refractivity contribution in [1.82, 2.24) is 5.32 Å². The van der Waals surface area contributed by atoms with Gasteiger partial charge in [0.05, 0.1) is 6.61 Å². The largest absolute Gasteiger partial charge is 0.464 e. The number of hydrogen-bond donors (Lipinski definition) is 1. The predicted octanol–water partition coefficient (Wildman–Crippen LogP) is 4.07. The number of benzene rings is 2. The molecule has 1 saturated heterocycles. The molecule has 0 radical (unpaired) electrons. The van der Waals surface area contributed by atoms with E-state index >= 15 is 0 Å². The highest BCUT2D eigenvalue weighted by atomic mass is 16.5. The van der Waals surface area contributed by atoms with Gasteiger partial charge in [-0.3, -0.25) is 4.79 Å². The van der Waals surface area contributed by atoms with Gasteiger partial charge in [-0.2, -0.15) is 0 Å². The average molecular weight is 349 g/mol. The van der Waals surface area contributed by atoms with Crippen molar-refractivity contribution in [3.05, 3.63) is 71.8 Å². The van der Waals surface area contributed by atoms with Crippen LogP contribution in [0.3, 0.4) is 0 Å². The summed E-state index contributed by atoms with van der Waals surface area (Å²) in [6, 6.07) is 20.9. The van der Waals surface area contributed by atoms with Crippen LogP contribution in [0, 0.1) is 5.92 Å². The normalized spacial score (nSPS) is 22.9. The number of carbonyl (C=O) groups excluding carboxylic acids is 1. The molecule has 4 rings (SSSR count). The third-order valence-corrected chi connectivity index (χ3v) is 6.07.